The molecule has 1 heterocycles. The first-order chi connectivity index (χ1) is 31.1. The van der Waals surface area contributed by atoms with Gasteiger partial charge in [0.05, 0.1) is 0 Å². The van der Waals surface area contributed by atoms with E-state index in [0.29, 0.717) is 0 Å². The second-order valence-corrected chi connectivity index (χ2v) is 19.2. The SMILES string of the molecule is CC(C)(C)c1ccc(-c2cc(-c3ccc4c(c3)-c3ccccc3C4(C)C)cc(-c3ccc4oc5ccccc5c4c3)c2-c2c3ccccc3c(-c3ccccc3)c3ccccc23)cc1. The quantitative estimate of drug-likeness (QED) is 0.158. The monoisotopic (exact) mass is 820 g/mol. The molecule has 0 bridgehead atoms. The summed E-state index contributed by atoms with van der Waals surface area (Å²) < 4.78 is 6.44. The molecule has 0 saturated carbocycles. The molecule has 0 aliphatic heterocycles. The van der Waals surface area contributed by atoms with Gasteiger partial charge in [-0.25, -0.2) is 0 Å². The van der Waals surface area contributed by atoms with E-state index in [-0.39, 0.29) is 10.8 Å². The Balaban J connectivity index is 1.23. The van der Waals surface area contributed by atoms with Crippen molar-refractivity contribution in [2.24, 2.45) is 0 Å². The highest BCUT2D eigenvalue weighted by molar-refractivity contribution is 6.24. The van der Waals surface area contributed by atoms with Gasteiger partial charge in [-0.3, -0.25) is 0 Å². The fourth-order valence-electron chi connectivity index (χ4n) is 10.8. The minimum Gasteiger partial charge on any atom is -0.456 e. The molecule has 11 aromatic rings. The molecule has 0 N–H and O–H groups in total. The van der Waals surface area contributed by atoms with Crippen LogP contribution in [-0.2, 0) is 10.8 Å². The fraction of sp³-hybridized carbons (Fsp3) is 0.111. The van der Waals surface area contributed by atoms with Gasteiger partial charge in [-0.05, 0) is 147 Å². The first-order valence-corrected chi connectivity index (χ1v) is 22.6. The van der Waals surface area contributed by atoms with Gasteiger partial charge in [0.25, 0.3) is 0 Å². The normalized spacial score (nSPS) is 13.2. The molecule has 0 saturated heterocycles. The van der Waals surface area contributed by atoms with Gasteiger partial charge in [0, 0.05) is 16.2 Å². The fourth-order valence-corrected chi connectivity index (χ4v) is 10.8. The third-order valence-electron chi connectivity index (χ3n) is 14.0. The Labute approximate surface area is 375 Å². The number of benzene rings is 10. The van der Waals surface area contributed by atoms with Gasteiger partial charge in [-0.15, -0.1) is 0 Å². The Kier molecular flexibility index (Phi) is 8.52. The molecule has 1 heteroatoms. The molecule has 64 heavy (non-hydrogen) atoms. The Hall–Kier alpha value is -7.48. The third kappa shape index (κ3) is 5.91. The maximum Gasteiger partial charge on any atom is 0.135 e. The number of rotatable bonds is 5. The predicted molar refractivity (Wildman–Crippen MR) is 272 cm³/mol. The highest BCUT2D eigenvalue weighted by atomic mass is 16.3. The van der Waals surface area contributed by atoms with Crippen LogP contribution in [0.1, 0.15) is 51.3 Å². The maximum absolute atomic E-state index is 6.44. The Morgan fingerprint density at radius 1 is 0.328 bits per heavy atom. The maximum atomic E-state index is 6.44. The zero-order valence-electron chi connectivity index (χ0n) is 37.0. The van der Waals surface area contributed by atoms with Crippen molar-refractivity contribution in [3.8, 4) is 66.8 Å². The predicted octanol–water partition coefficient (Wildman–Crippen LogP) is 17.8. The highest BCUT2D eigenvalue weighted by Gasteiger charge is 2.35. The van der Waals surface area contributed by atoms with Crippen LogP contribution < -0.4 is 0 Å². The molecule has 0 amide bonds. The van der Waals surface area contributed by atoms with Crippen LogP contribution in [0.4, 0.5) is 0 Å². The van der Waals surface area contributed by atoms with Crippen LogP contribution in [0.5, 0.6) is 0 Å². The molecule has 0 fully saturated rings. The molecule has 1 aliphatic rings. The lowest BCUT2D eigenvalue weighted by molar-refractivity contribution is 0.590. The Morgan fingerprint density at radius 2 is 0.844 bits per heavy atom. The summed E-state index contributed by atoms with van der Waals surface area (Å²) in [7, 11) is 0. The molecule has 306 valence electrons. The molecule has 0 unspecified atom stereocenters. The smallest absolute Gasteiger partial charge is 0.135 e. The summed E-state index contributed by atoms with van der Waals surface area (Å²) in [6.45, 7) is 11.6. The average Bonchev–Trinajstić information content (AvgIpc) is 3.81. The average molecular weight is 821 g/mol. The first-order valence-electron chi connectivity index (χ1n) is 22.6. The van der Waals surface area contributed by atoms with Gasteiger partial charge >= 0.3 is 0 Å². The van der Waals surface area contributed by atoms with Crippen molar-refractivity contribution in [1.29, 1.82) is 0 Å². The van der Waals surface area contributed by atoms with E-state index in [2.05, 4.69) is 235 Å². The van der Waals surface area contributed by atoms with Gasteiger partial charge in [0.15, 0.2) is 0 Å². The van der Waals surface area contributed by atoms with Gasteiger partial charge in [0.1, 0.15) is 11.2 Å². The number of para-hydroxylation sites is 1. The zero-order chi connectivity index (χ0) is 43.3. The molecular formula is C63H48O. The summed E-state index contributed by atoms with van der Waals surface area (Å²) in [4.78, 5) is 0. The summed E-state index contributed by atoms with van der Waals surface area (Å²) in [5, 5.41) is 7.18. The van der Waals surface area contributed by atoms with Crippen molar-refractivity contribution in [3.05, 3.63) is 217 Å². The van der Waals surface area contributed by atoms with E-state index < -0.39 is 0 Å². The molecule has 1 nitrogen and oxygen atoms in total. The highest BCUT2D eigenvalue weighted by Crippen LogP contribution is 2.53. The summed E-state index contributed by atoms with van der Waals surface area (Å²) >= 11 is 0. The Morgan fingerprint density at radius 3 is 1.53 bits per heavy atom. The van der Waals surface area contributed by atoms with Crippen LogP contribution in [0.2, 0.25) is 0 Å². The van der Waals surface area contributed by atoms with Crippen molar-refractivity contribution < 1.29 is 4.42 Å². The third-order valence-corrected chi connectivity index (χ3v) is 14.0. The van der Waals surface area contributed by atoms with Crippen LogP contribution in [0.15, 0.2) is 205 Å². The van der Waals surface area contributed by atoms with Crippen molar-refractivity contribution in [2.75, 3.05) is 0 Å². The van der Waals surface area contributed by atoms with Crippen molar-refractivity contribution in [2.45, 2.75) is 45.4 Å². The van der Waals surface area contributed by atoms with E-state index in [1.54, 1.807) is 0 Å². The lowest BCUT2D eigenvalue weighted by atomic mass is 9.78. The van der Waals surface area contributed by atoms with E-state index in [9.17, 15) is 0 Å². The molecular weight excluding hydrogens is 773 g/mol. The van der Waals surface area contributed by atoms with Crippen LogP contribution in [0.25, 0.3) is 110 Å². The zero-order valence-corrected chi connectivity index (χ0v) is 37.0. The lowest BCUT2D eigenvalue weighted by Gasteiger charge is -2.24. The van der Waals surface area contributed by atoms with Crippen LogP contribution in [0, 0.1) is 0 Å². The van der Waals surface area contributed by atoms with Gasteiger partial charge < -0.3 is 4.42 Å². The van der Waals surface area contributed by atoms with Crippen molar-refractivity contribution >= 4 is 43.5 Å². The molecule has 0 atom stereocenters. The molecule has 10 aromatic carbocycles. The number of furan rings is 1. The largest absolute Gasteiger partial charge is 0.456 e. The minimum atomic E-state index is -0.0732. The number of fused-ring (bicyclic) bond motifs is 8. The molecule has 0 spiro atoms. The summed E-state index contributed by atoms with van der Waals surface area (Å²) in [5.74, 6) is 0. The second kappa shape index (κ2) is 14.3. The second-order valence-electron chi connectivity index (χ2n) is 19.2. The van der Waals surface area contributed by atoms with E-state index >= 15 is 0 Å². The van der Waals surface area contributed by atoms with Crippen molar-refractivity contribution in [3.63, 3.8) is 0 Å². The standard InChI is InChI=1S/C63H48O/c1-62(2,3)44-31-27-39(28-32-44)51-37-43(41-29-33-56-53(35-41)45-19-13-15-25-55(45)63(56,4)5)38-52(42-30-34-58-54(36-42)46-20-14-16-26-57(46)64-58)61(51)60-49-23-11-9-21-47(49)59(40-17-7-6-8-18-40)48-22-10-12-24-50(48)60/h6-38H,1-5H3. The molecule has 0 radical (unpaired) electrons. The van der Waals surface area contributed by atoms with E-state index in [0.717, 1.165) is 27.5 Å². The van der Waals surface area contributed by atoms with Gasteiger partial charge in [-0.1, -0.05) is 198 Å². The van der Waals surface area contributed by atoms with E-state index in [1.807, 2.05) is 0 Å². The lowest BCUT2D eigenvalue weighted by Crippen LogP contribution is -2.14. The molecule has 12 rings (SSSR count). The van der Waals surface area contributed by atoms with Crippen LogP contribution in [-0.4, -0.2) is 0 Å². The summed E-state index contributed by atoms with van der Waals surface area (Å²) in [6.07, 6.45) is 0. The summed E-state index contributed by atoms with van der Waals surface area (Å²) in [6, 6.07) is 74.6. The minimum absolute atomic E-state index is 0.0192. The molecule has 1 aliphatic carbocycles. The van der Waals surface area contributed by atoms with Gasteiger partial charge in [0.2, 0.25) is 0 Å². The van der Waals surface area contributed by atoms with E-state index in [1.165, 1.54) is 99.4 Å². The van der Waals surface area contributed by atoms with E-state index in [4.69, 9.17) is 4.42 Å². The number of hydrogen-bond donors (Lipinski definition) is 0. The topological polar surface area (TPSA) is 13.1 Å². The van der Waals surface area contributed by atoms with Gasteiger partial charge in [-0.2, -0.15) is 0 Å². The van der Waals surface area contributed by atoms with Crippen LogP contribution in [0.3, 0.4) is 0 Å². The number of hydrogen-bond acceptors (Lipinski definition) is 1. The van der Waals surface area contributed by atoms with Crippen LogP contribution >= 0.6 is 0 Å². The van der Waals surface area contributed by atoms with Crippen molar-refractivity contribution in [1.82, 2.24) is 0 Å². The molecule has 1 aromatic heterocycles. The first kappa shape index (κ1) is 38.2. The Bertz CT molecular complexity index is 3590. The summed E-state index contributed by atoms with van der Waals surface area (Å²) in [5.41, 5.74) is 20.5.